The molecule has 23 heavy (non-hydrogen) atoms. The number of rotatable bonds is 9. The molecule has 1 N–H and O–H groups in total. The summed E-state index contributed by atoms with van der Waals surface area (Å²) in [6.45, 7) is 4.94. The zero-order chi connectivity index (χ0) is 17.5. The first-order chi connectivity index (χ1) is 10.7. The molecule has 0 fully saturated rings. The molecule has 0 bridgehead atoms. The maximum atomic E-state index is 12.0. The molecule has 7 heteroatoms. The van der Waals surface area contributed by atoms with Gasteiger partial charge in [-0.15, -0.1) is 0 Å². The van der Waals surface area contributed by atoms with Crippen LogP contribution in [-0.2, 0) is 14.8 Å². The number of anilines is 1. The van der Waals surface area contributed by atoms with Gasteiger partial charge in [0.05, 0.1) is 19.1 Å². The van der Waals surface area contributed by atoms with Gasteiger partial charge in [0, 0.05) is 19.5 Å². The minimum Gasteiger partial charge on any atom is -0.497 e. The van der Waals surface area contributed by atoms with Crippen molar-refractivity contribution in [3.05, 3.63) is 24.3 Å². The molecule has 0 atom stereocenters. The summed E-state index contributed by atoms with van der Waals surface area (Å²) >= 11 is 0. The van der Waals surface area contributed by atoms with Crippen molar-refractivity contribution in [1.29, 1.82) is 0 Å². The molecule has 0 aliphatic rings. The minimum atomic E-state index is -3.40. The molecule has 1 aromatic rings. The van der Waals surface area contributed by atoms with Crippen LogP contribution in [0.3, 0.4) is 0 Å². The van der Waals surface area contributed by atoms with Crippen LogP contribution in [0.4, 0.5) is 5.69 Å². The van der Waals surface area contributed by atoms with Gasteiger partial charge in [-0.05, 0) is 36.6 Å². The van der Waals surface area contributed by atoms with Crippen molar-refractivity contribution >= 4 is 21.6 Å². The van der Waals surface area contributed by atoms with Crippen LogP contribution in [-0.4, -0.2) is 40.8 Å². The summed E-state index contributed by atoms with van der Waals surface area (Å²) in [7, 11) is -1.85. The van der Waals surface area contributed by atoms with Gasteiger partial charge in [0.2, 0.25) is 15.9 Å². The van der Waals surface area contributed by atoms with Gasteiger partial charge < -0.3 is 10.1 Å². The van der Waals surface area contributed by atoms with E-state index in [1.807, 2.05) is 13.8 Å². The van der Waals surface area contributed by atoms with Crippen molar-refractivity contribution in [1.82, 2.24) is 5.32 Å². The normalized spacial score (nSPS) is 11.3. The number of hydrogen-bond acceptors (Lipinski definition) is 4. The fourth-order valence-corrected chi connectivity index (χ4v) is 2.99. The second kappa shape index (κ2) is 8.76. The number of hydrogen-bond donors (Lipinski definition) is 1. The molecule has 0 unspecified atom stereocenters. The van der Waals surface area contributed by atoms with Crippen LogP contribution < -0.4 is 14.4 Å². The Morgan fingerprint density at radius 3 is 2.35 bits per heavy atom. The van der Waals surface area contributed by atoms with E-state index in [0.29, 0.717) is 36.7 Å². The monoisotopic (exact) mass is 342 g/mol. The van der Waals surface area contributed by atoms with Crippen LogP contribution in [0.5, 0.6) is 5.75 Å². The Labute approximate surface area is 138 Å². The molecule has 0 aliphatic heterocycles. The van der Waals surface area contributed by atoms with Crippen LogP contribution in [0, 0.1) is 5.92 Å². The second-order valence-corrected chi connectivity index (χ2v) is 7.74. The Morgan fingerprint density at radius 1 is 1.26 bits per heavy atom. The van der Waals surface area contributed by atoms with E-state index in [1.54, 1.807) is 31.4 Å². The van der Waals surface area contributed by atoms with E-state index in [4.69, 9.17) is 4.74 Å². The summed E-state index contributed by atoms with van der Waals surface area (Å²) in [5, 5.41) is 2.83. The second-order valence-electron chi connectivity index (χ2n) is 5.83. The lowest BCUT2D eigenvalue weighted by Crippen LogP contribution is -2.32. The van der Waals surface area contributed by atoms with E-state index in [1.165, 1.54) is 4.31 Å². The number of sulfonamides is 1. The molecular formula is C16H26N2O4S. The van der Waals surface area contributed by atoms with Gasteiger partial charge in [-0.2, -0.15) is 0 Å². The Hall–Kier alpha value is -1.76. The van der Waals surface area contributed by atoms with Gasteiger partial charge in [-0.25, -0.2) is 8.42 Å². The highest BCUT2D eigenvalue weighted by atomic mass is 32.2. The van der Waals surface area contributed by atoms with Crippen LogP contribution in [0.2, 0.25) is 0 Å². The first kappa shape index (κ1) is 19.3. The van der Waals surface area contributed by atoms with Crippen LogP contribution >= 0.6 is 0 Å². The highest BCUT2D eigenvalue weighted by Crippen LogP contribution is 2.21. The molecule has 0 saturated heterocycles. The zero-order valence-electron chi connectivity index (χ0n) is 14.2. The molecule has 0 aromatic heterocycles. The highest BCUT2D eigenvalue weighted by Gasteiger charge is 2.17. The SMILES string of the molecule is COc1ccc(N(CCCC(=O)NCC(C)C)S(C)(=O)=O)cc1. The van der Waals surface area contributed by atoms with E-state index in [9.17, 15) is 13.2 Å². The summed E-state index contributed by atoms with van der Waals surface area (Å²) in [5.41, 5.74) is 0.566. The third kappa shape index (κ3) is 6.90. The van der Waals surface area contributed by atoms with Gasteiger partial charge in [0.25, 0.3) is 0 Å². The maximum Gasteiger partial charge on any atom is 0.232 e. The van der Waals surface area contributed by atoms with E-state index >= 15 is 0 Å². The van der Waals surface area contributed by atoms with Crippen LogP contribution in [0.25, 0.3) is 0 Å². The largest absolute Gasteiger partial charge is 0.497 e. The van der Waals surface area contributed by atoms with Gasteiger partial charge >= 0.3 is 0 Å². The van der Waals surface area contributed by atoms with E-state index in [0.717, 1.165) is 6.26 Å². The molecule has 1 aromatic carbocycles. The number of benzene rings is 1. The van der Waals surface area contributed by atoms with Gasteiger partial charge in [0.1, 0.15) is 5.75 Å². The number of nitrogens with one attached hydrogen (secondary N) is 1. The van der Waals surface area contributed by atoms with E-state index in [2.05, 4.69) is 5.32 Å². The van der Waals surface area contributed by atoms with Crippen molar-refractivity contribution in [2.45, 2.75) is 26.7 Å². The molecule has 0 spiro atoms. The van der Waals surface area contributed by atoms with E-state index < -0.39 is 10.0 Å². The van der Waals surface area contributed by atoms with Crippen molar-refractivity contribution < 1.29 is 17.9 Å². The first-order valence-electron chi connectivity index (χ1n) is 7.62. The molecular weight excluding hydrogens is 316 g/mol. The Kier molecular flexibility index (Phi) is 7.35. The van der Waals surface area contributed by atoms with Crippen molar-refractivity contribution in [2.24, 2.45) is 5.92 Å². The number of nitrogens with zero attached hydrogens (tertiary/aromatic N) is 1. The van der Waals surface area contributed by atoms with Crippen LogP contribution in [0.1, 0.15) is 26.7 Å². The predicted octanol–water partition coefficient (Wildman–Crippen LogP) is 2.01. The molecule has 130 valence electrons. The van der Waals surface area contributed by atoms with E-state index in [-0.39, 0.29) is 12.5 Å². The van der Waals surface area contributed by atoms with Gasteiger partial charge in [0.15, 0.2) is 0 Å². The molecule has 0 aliphatic carbocycles. The lowest BCUT2D eigenvalue weighted by Gasteiger charge is -2.22. The molecule has 6 nitrogen and oxygen atoms in total. The number of carbonyl (C=O) groups excluding carboxylic acids is 1. The summed E-state index contributed by atoms with van der Waals surface area (Å²) in [4.78, 5) is 11.7. The summed E-state index contributed by atoms with van der Waals surface area (Å²) in [5.74, 6) is 1.00. The standard InChI is InChI=1S/C16H26N2O4S/c1-13(2)12-17-16(19)6-5-11-18(23(4,20)21)14-7-9-15(22-3)10-8-14/h7-10,13H,5-6,11-12H2,1-4H3,(H,17,19). The third-order valence-electron chi connectivity index (χ3n) is 3.23. The number of amides is 1. The highest BCUT2D eigenvalue weighted by molar-refractivity contribution is 7.92. The molecule has 0 radical (unpaired) electrons. The molecule has 1 amide bonds. The summed E-state index contributed by atoms with van der Waals surface area (Å²) in [6.07, 6.45) is 1.92. The first-order valence-corrected chi connectivity index (χ1v) is 9.47. The summed E-state index contributed by atoms with van der Waals surface area (Å²) in [6, 6.07) is 6.81. The minimum absolute atomic E-state index is 0.0538. The average Bonchev–Trinajstić information content (AvgIpc) is 2.48. The fourth-order valence-electron chi connectivity index (χ4n) is 2.02. The van der Waals surface area contributed by atoms with Gasteiger partial charge in [-0.1, -0.05) is 13.8 Å². The maximum absolute atomic E-state index is 12.0. The van der Waals surface area contributed by atoms with Gasteiger partial charge in [-0.3, -0.25) is 9.10 Å². The lowest BCUT2D eigenvalue weighted by molar-refractivity contribution is -0.121. The average molecular weight is 342 g/mol. The lowest BCUT2D eigenvalue weighted by atomic mass is 10.2. The topological polar surface area (TPSA) is 75.7 Å². The molecule has 0 heterocycles. The number of ether oxygens (including phenoxy) is 1. The molecule has 1 rings (SSSR count). The Balaban J connectivity index is 2.64. The Morgan fingerprint density at radius 2 is 1.87 bits per heavy atom. The zero-order valence-corrected chi connectivity index (χ0v) is 15.0. The predicted molar refractivity (Wildman–Crippen MR) is 92.3 cm³/mol. The van der Waals surface area contributed by atoms with Crippen molar-refractivity contribution in [3.63, 3.8) is 0 Å². The summed E-state index contributed by atoms with van der Waals surface area (Å²) < 4.78 is 30.3. The Bertz CT molecular complexity index is 597. The molecule has 0 saturated carbocycles. The fraction of sp³-hybridized carbons (Fsp3) is 0.562. The quantitative estimate of drug-likeness (QED) is 0.745. The van der Waals surface area contributed by atoms with Crippen molar-refractivity contribution in [3.8, 4) is 5.75 Å². The smallest absolute Gasteiger partial charge is 0.232 e. The van der Waals surface area contributed by atoms with Crippen LogP contribution in [0.15, 0.2) is 24.3 Å². The third-order valence-corrected chi connectivity index (χ3v) is 4.43. The van der Waals surface area contributed by atoms with Crippen molar-refractivity contribution in [2.75, 3.05) is 30.8 Å². The number of methoxy groups -OCH3 is 1. The number of carbonyl (C=O) groups is 1.